The second-order valence-electron chi connectivity index (χ2n) is 5.97. The Balaban J connectivity index is 2.76. The van der Waals surface area contributed by atoms with E-state index in [-0.39, 0.29) is 17.9 Å². The molecule has 1 N–H and O–H groups in total. The minimum atomic E-state index is -0.416. The number of halogens is 3. The highest BCUT2D eigenvalue weighted by atomic mass is 79.9. The van der Waals surface area contributed by atoms with Crippen LogP contribution in [0.5, 0.6) is 0 Å². The first-order valence-corrected chi connectivity index (χ1v) is 9.00. The van der Waals surface area contributed by atoms with Crippen molar-refractivity contribution in [3.63, 3.8) is 0 Å². The Labute approximate surface area is 154 Å². The van der Waals surface area contributed by atoms with Gasteiger partial charge in [0.2, 0.25) is 0 Å². The van der Waals surface area contributed by atoms with Gasteiger partial charge in [-0.05, 0) is 50.9 Å². The summed E-state index contributed by atoms with van der Waals surface area (Å²) in [5, 5.41) is 3.15. The van der Waals surface area contributed by atoms with Crippen LogP contribution in [0.4, 0.5) is 4.39 Å². The molecule has 0 unspecified atom stereocenters. The molecular weight excluding hydrogens is 401 g/mol. The average molecular weight is 421 g/mol. The highest BCUT2D eigenvalue weighted by molar-refractivity contribution is 9.10. The summed E-state index contributed by atoms with van der Waals surface area (Å²) in [5.41, 5.74) is 0.424. The van der Waals surface area contributed by atoms with Gasteiger partial charge in [0, 0.05) is 11.6 Å². The molecule has 126 valence electrons. The molecule has 0 aliphatic rings. The fraction of sp³-hybridized carbons (Fsp3) is 0.353. The molecule has 0 spiro atoms. The SMILES string of the molecule is C=C(S/C(=C\C)C(=O)NCc1cc(F)c(Br)cc1Cl)C(C)(C)C. The Morgan fingerprint density at radius 2 is 2.09 bits per heavy atom. The van der Waals surface area contributed by atoms with E-state index >= 15 is 0 Å². The molecule has 6 heteroatoms. The number of hydrogen-bond acceptors (Lipinski definition) is 2. The molecule has 0 aromatic heterocycles. The first kappa shape index (κ1) is 20.3. The predicted octanol–water partition coefficient (Wildman–Crippen LogP) is 6.05. The fourth-order valence-corrected chi connectivity index (χ4v) is 3.04. The zero-order valence-corrected chi connectivity index (χ0v) is 16.8. The molecule has 0 bridgehead atoms. The summed E-state index contributed by atoms with van der Waals surface area (Å²) < 4.78 is 13.9. The molecule has 1 rings (SSSR count). The smallest absolute Gasteiger partial charge is 0.257 e. The predicted molar refractivity (Wildman–Crippen MR) is 101 cm³/mol. The lowest BCUT2D eigenvalue weighted by Crippen LogP contribution is -2.24. The molecule has 0 atom stereocenters. The van der Waals surface area contributed by atoms with Crippen LogP contribution in [0.25, 0.3) is 0 Å². The van der Waals surface area contributed by atoms with Gasteiger partial charge < -0.3 is 5.32 Å². The quantitative estimate of drug-likeness (QED) is 0.464. The van der Waals surface area contributed by atoms with Gasteiger partial charge in [0.25, 0.3) is 5.91 Å². The van der Waals surface area contributed by atoms with Crippen LogP contribution in [-0.2, 0) is 11.3 Å². The number of rotatable bonds is 5. The Bertz CT molecular complexity index is 653. The third kappa shape index (κ3) is 5.98. The third-order valence-corrected chi connectivity index (χ3v) is 5.54. The van der Waals surface area contributed by atoms with E-state index in [0.29, 0.717) is 20.0 Å². The second-order valence-corrected chi connectivity index (χ2v) is 8.37. The van der Waals surface area contributed by atoms with Crippen LogP contribution >= 0.6 is 39.3 Å². The first-order valence-electron chi connectivity index (χ1n) is 7.01. The van der Waals surface area contributed by atoms with Crippen LogP contribution in [0.15, 0.2) is 39.1 Å². The second kappa shape index (κ2) is 8.36. The van der Waals surface area contributed by atoms with Crippen LogP contribution in [0.1, 0.15) is 33.3 Å². The van der Waals surface area contributed by atoms with Gasteiger partial charge in [0.1, 0.15) is 5.82 Å². The van der Waals surface area contributed by atoms with Crippen LogP contribution in [-0.4, -0.2) is 5.91 Å². The molecule has 2 nitrogen and oxygen atoms in total. The Hall–Kier alpha value is -0.780. The minimum absolute atomic E-state index is 0.0999. The number of allylic oxidation sites excluding steroid dienone is 2. The molecule has 0 saturated heterocycles. The summed E-state index contributed by atoms with van der Waals surface area (Å²) in [7, 11) is 0. The van der Waals surface area contributed by atoms with E-state index in [1.54, 1.807) is 13.0 Å². The Kier molecular flexibility index (Phi) is 7.36. The van der Waals surface area contributed by atoms with Crippen LogP contribution < -0.4 is 5.32 Å². The van der Waals surface area contributed by atoms with E-state index in [2.05, 4.69) is 27.8 Å². The zero-order valence-electron chi connectivity index (χ0n) is 13.6. The molecule has 0 aliphatic carbocycles. The number of thioether (sulfide) groups is 1. The minimum Gasteiger partial charge on any atom is -0.347 e. The van der Waals surface area contributed by atoms with Gasteiger partial charge in [-0.3, -0.25) is 4.79 Å². The van der Waals surface area contributed by atoms with E-state index in [9.17, 15) is 9.18 Å². The molecular formula is C17H20BrClFNOS. The number of amides is 1. The van der Waals surface area contributed by atoms with E-state index < -0.39 is 5.82 Å². The van der Waals surface area contributed by atoms with Crippen LogP contribution in [0.3, 0.4) is 0 Å². The summed E-state index contributed by atoms with van der Waals surface area (Å²) in [6.07, 6.45) is 1.74. The first-order chi connectivity index (χ1) is 10.6. The summed E-state index contributed by atoms with van der Waals surface area (Å²) in [4.78, 5) is 13.7. The molecule has 1 aromatic carbocycles. The van der Waals surface area contributed by atoms with E-state index in [1.807, 2.05) is 20.8 Å². The van der Waals surface area contributed by atoms with Crippen molar-refractivity contribution in [2.75, 3.05) is 0 Å². The molecule has 0 radical (unpaired) electrons. The van der Waals surface area contributed by atoms with Gasteiger partial charge in [-0.25, -0.2) is 4.39 Å². The molecule has 1 aromatic rings. The van der Waals surface area contributed by atoms with Crippen molar-refractivity contribution in [1.82, 2.24) is 5.32 Å². The number of carbonyl (C=O) groups excluding carboxylic acids is 1. The van der Waals surface area contributed by atoms with Crippen molar-refractivity contribution in [2.45, 2.75) is 34.2 Å². The highest BCUT2D eigenvalue weighted by Crippen LogP contribution is 2.37. The maximum Gasteiger partial charge on any atom is 0.257 e. The van der Waals surface area contributed by atoms with Gasteiger partial charge in [0.05, 0.1) is 9.38 Å². The molecule has 0 fully saturated rings. The van der Waals surface area contributed by atoms with Gasteiger partial charge >= 0.3 is 0 Å². The largest absolute Gasteiger partial charge is 0.347 e. The molecule has 0 heterocycles. The monoisotopic (exact) mass is 419 g/mol. The molecule has 0 aliphatic heterocycles. The topological polar surface area (TPSA) is 29.1 Å². The maximum absolute atomic E-state index is 13.6. The van der Waals surface area contributed by atoms with Crippen molar-refractivity contribution >= 4 is 45.2 Å². The lowest BCUT2D eigenvalue weighted by Gasteiger charge is -2.21. The zero-order chi connectivity index (χ0) is 17.8. The molecule has 0 saturated carbocycles. The van der Waals surface area contributed by atoms with Crippen molar-refractivity contribution in [2.24, 2.45) is 5.41 Å². The summed E-state index contributed by atoms with van der Waals surface area (Å²) in [6.45, 7) is 12.1. The highest BCUT2D eigenvalue weighted by Gasteiger charge is 2.20. The fourth-order valence-electron chi connectivity index (χ4n) is 1.48. The molecule has 1 amide bonds. The van der Waals surface area contributed by atoms with E-state index in [1.165, 1.54) is 23.9 Å². The van der Waals surface area contributed by atoms with Crippen LogP contribution in [0.2, 0.25) is 5.02 Å². The number of carbonyl (C=O) groups is 1. The Morgan fingerprint density at radius 3 is 2.61 bits per heavy atom. The Morgan fingerprint density at radius 1 is 1.48 bits per heavy atom. The lowest BCUT2D eigenvalue weighted by molar-refractivity contribution is -0.116. The van der Waals surface area contributed by atoms with E-state index in [4.69, 9.17) is 11.6 Å². The van der Waals surface area contributed by atoms with Crippen molar-refractivity contribution in [3.05, 3.63) is 55.5 Å². The van der Waals surface area contributed by atoms with Crippen molar-refractivity contribution in [1.29, 1.82) is 0 Å². The van der Waals surface area contributed by atoms with Crippen molar-refractivity contribution < 1.29 is 9.18 Å². The van der Waals surface area contributed by atoms with Gasteiger partial charge in [-0.1, -0.05) is 56.8 Å². The molecule has 23 heavy (non-hydrogen) atoms. The van der Waals surface area contributed by atoms with Gasteiger partial charge in [-0.2, -0.15) is 0 Å². The summed E-state index contributed by atoms with van der Waals surface area (Å²) in [6, 6.07) is 2.79. The van der Waals surface area contributed by atoms with Gasteiger partial charge in [0.15, 0.2) is 0 Å². The number of nitrogens with one attached hydrogen (secondary N) is 1. The number of benzene rings is 1. The summed E-state index contributed by atoms with van der Waals surface area (Å²) >= 11 is 10.5. The third-order valence-electron chi connectivity index (χ3n) is 3.08. The average Bonchev–Trinajstić information content (AvgIpc) is 2.45. The normalized spacial score (nSPS) is 12.2. The van der Waals surface area contributed by atoms with E-state index in [0.717, 1.165) is 4.91 Å². The number of hydrogen-bond donors (Lipinski definition) is 1. The van der Waals surface area contributed by atoms with Crippen LogP contribution in [0, 0.1) is 11.2 Å². The standard InChI is InChI=1S/C17H20BrClFNOS/c1-6-15(23-10(2)17(3,4)5)16(22)21-9-11-7-14(20)12(18)8-13(11)19/h6-8H,2,9H2,1,3-5H3,(H,21,22)/b15-6-. The van der Waals surface area contributed by atoms with Crippen molar-refractivity contribution in [3.8, 4) is 0 Å². The van der Waals surface area contributed by atoms with Gasteiger partial charge in [-0.15, -0.1) is 0 Å². The lowest BCUT2D eigenvalue weighted by atomic mass is 9.97. The maximum atomic E-state index is 13.6. The summed E-state index contributed by atoms with van der Waals surface area (Å²) in [5.74, 6) is -0.650.